The Hall–Kier alpha value is -3.42. The Bertz CT molecular complexity index is 873. The number of methoxy groups -OCH3 is 1. The van der Waals surface area contributed by atoms with Crippen LogP contribution in [-0.4, -0.2) is 40.2 Å². The van der Waals surface area contributed by atoms with Gasteiger partial charge in [-0.25, -0.2) is 14.3 Å². The first-order valence-electron chi connectivity index (χ1n) is 8.93. The smallest absolute Gasteiger partial charge is 0.408 e. The molecule has 28 heavy (non-hydrogen) atoms. The number of allylic oxidation sites excluding steroid dienone is 4. The molecule has 0 saturated heterocycles. The van der Waals surface area contributed by atoms with Crippen LogP contribution in [0.5, 0.6) is 0 Å². The van der Waals surface area contributed by atoms with E-state index in [-0.39, 0.29) is 6.61 Å². The number of benzene rings is 1. The van der Waals surface area contributed by atoms with Gasteiger partial charge in [0.25, 0.3) is 0 Å². The lowest BCUT2D eigenvalue weighted by Gasteiger charge is -2.16. The highest BCUT2D eigenvalue weighted by Gasteiger charge is 2.22. The highest BCUT2D eigenvalue weighted by atomic mass is 16.6. The van der Waals surface area contributed by atoms with Crippen molar-refractivity contribution in [3.63, 3.8) is 0 Å². The highest BCUT2D eigenvalue weighted by molar-refractivity contribution is 5.81. The molecule has 0 fully saturated rings. The van der Waals surface area contributed by atoms with Crippen molar-refractivity contribution >= 4 is 12.1 Å². The molecule has 1 aromatic carbocycles. The number of rotatable bonds is 8. The summed E-state index contributed by atoms with van der Waals surface area (Å²) >= 11 is 0. The molecule has 0 unspecified atom stereocenters. The van der Waals surface area contributed by atoms with Gasteiger partial charge in [-0.2, -0.15) is 0 Å². The largest absolute Gasteiger partial charge is 0.467 e. The molecule has 0 radical (unpaired) electrons. The summed E-state index contributed by atoms with van der Waals surface area (Å²) < 4.78 is 11.6. The maximum atomic E-state index is 12.1. The van der Waals surface area contributed by atoms with Gasteiger partial charge in [-0.05, 0) is 17.6 Å². The van der Waals surface area contributed by atoms with Gasteiger partial charge in [0, 0.05) is 6.42 Å². The second-order valence-corrected chi connectivity index (χ2v) is 6.31. The van der Waals surface area contributed by atoms with Crippen LogP contribution in [0.2, 0.25) is 0 Å². The number of amides is 1. The van der Waals surface area contributed by atoms with E-state index in [0.29, 0.717) is 18.7 Å². The van der Waals surface area contributed by atoms with Crippen molar-refractivity contribution in [2.45, 2.75) is 32.0 Å². The fraction of sp³-hybridized carbons (Fsp3) is 0.300. The number of nitrogens with one attached hydrogen (secondary N) is 1. The van der Waals surface area contributed by atoms with Crippen LogP contribution in [0.25, 0.3) is 0 Å². The van der Waals surface area contributed by atoms with Gasteiger partial charge in [-0.3, -0.25) is 0 Å². The Morgan fingerprint density at radius 2 is 2.11 bits per heavy atom. The van der Waals surface area contributed by atoms with Gasteiger partial charge in [0.05, 0.1) is 19.9 Å². The summed E-state index contributed by atoms with van der Waals surface area (Å²) in [5, 5.41) is 10.6. The molecule has 0 bridgehead atoms. The molecule has 3 rings (SSSR count). The molecule has 1 aromatic heterocycles. The first-order valence-corrected chi connectivity index (χ1v) is 8.93. The van der Waals surface area contributed by atoms with Crippen LogP contribution in [0, 0.1) is 0 Å². The van der Waals surface area contributed by atoms with Gasteiger partial charge in [0.15, 0.2) is 0 Å². The van der Waals surface area contributed by atoms with Crippen molar-refractivity contribution in [1.82, 2.24) is 20.3 Å². The van der Waals surface area contributed by atoms with E-state index in [0.717, 1.165) is 17.6 Å². The van der Waals surface area contributed by atoms with E-state index in [9.17, 15) is 9.59 Å². The minimum absolute atomic E-state index is 0.0417. The molecule has 1 aliphatic rings. The molecular formula is C20H22N4O4. The van der Waals surface area contributed by atoms with Crippen LogP contribution in [0.1, 0.15) is 17.7 Å². The van der Waals surface area contributed by atoms with E-state index < -0.39 is 18.1 Å². The molecule has 0 spiro atoms. The Morgan fingerprint density at radius 1 is 1.29 bits per heavy atom. The minimum Gasteiger partial charge on any atom is -0.467 e. The van der Waals surface area contributed by atoms with Crippen LogP contribution >= 0.6 is 0 Å². The molecule has 8 nitrogen and oxygen atoms in total. The lowest BCUT2D eigenvalue weighted by Crippen LogP contribution is -2.43. The SMILES string of the molecule is COC(=O)[C@H](Cc1ccccc1)NC(=O)OCc1cn(CC2=CCC=C2)nn1. The predicted octanol–water partition coefficient (Wildman–Crippen LogP) is 2.17. The average Bonchev–Trinajstić information content (AvgIpc) is 3.38. The van der Waals surface area contributed by atoms with Crippen LogP contribution in [0.3, 0.4) is 0 Å². The normalized spacial score (nSPS) is 13.7. The second-order valence-electron chi connectivity index (χ2n) is 6.31. The van der Waals surface area contributed by atoms with E-state index >= 15 is 0 Å². The molecule has 8 heteroatoms. The first kappa shape index (κ1) is 19.3. The van der Waals surface area contributed by atoms with Crippen LogP contribution in [0.4, 0.5) is 4.79 Å². The summed E-state index contributed by atoms with van der Waals surface area (Å²) in [5.41, 5.74) is 2.59. The molecule has 1 heterocycles. The molecular weight excluding hydrogens is 360 g/mol. The van der Waals surface area contributed by atoms with Crippen LogP contribution in [-0.2, 0) is 33.8 Å². The highest BCUT2D eigenvalue weighted by Crippen LogP contribution is 2.11. The van der Waals surface area contributed by atoms with Gasteiger partial charge in [-0.1, -0.05) is 53.8 Å². The predicted molar refractivity (Wildman–Crippen MR) is 101 cm³/mol. The van der Waals surface area contributed by atoms with Crippen molar-refractivity contribution in [3.8, 4) is 0 Å². The summed E-state index contributed by atoms with van der Waals surface area (Å²) in [6.45, 7) is 0.580. The molecule has 1 amide bonds. The minimum atomic E-state index is -0.836. The number of carbonyl (C=O) groups excluding carboxylic acids is 2. The van der Waals surface area contributed by atoms with Crippen molar-refractivity contribution < 1.29 is 19.1 Å². The van der Waals surface area contributed by atoms with Crippen molar-refractivity contribution in [2.24, 2.45) is 0 Å². The van der Waals surface area contributed by atoms with Gasteiger partial charge >= 0.3 is 12.1 Å². The molecule has 146 valence electrons. The molecule has 2 aromatic rings. The zero-order chi connectivity index (χ0) is 19.8. The number of ether oxygens (including phenoxy) is 2. The summed E-state index contributed by atoms with van der Waals surface area (Å²) in [4.78, 5) is 24.1. The summed E-state index contributed by atoms with van der Waals surface area (Å²) in [6, 6.07) is 8.51. The molecule has 1 aliphatic carbocycles. The van der Waals surface area contributed by atoms with E-state index in [1.807, 2.05) is 36.4 Å². The number of aromatic nitrogens is 3. The lowest BCUT2D eigenvalue weighted by molar-refractivity contribution is -0.143. The summed E-state index contributed by atoms with van der Waals surface area (Å²) in [6.07, 6.45) is 8.49. The molecule has 0 aliphatic heterocycles. The van der Waals surface area contributed by atoms with Crippen molar-refractivity contribution in [1.29, 1.82) is 0 Å². The third-order valence-electron chi connectivity index (χ3n) is 4.19. The van der Waals surface area contributed by atoms with Crippen LogP contribution in [0.15, 0.2) is 60.3 Å². The Kier molecular flexibility index (Phi) is 6.56. The van der Waals surface area contributed by atoms with Crippen LogP contribution < -0.4 is 5.32 Å². The maximum Gasteiger partial charge on any atom is 0.408 e. The van der Waals surface area contributed by atoms with E-state index in [2.05, 4.69) is 27.8 Å². The zero-order valence-corrected chi connectivity index (χ0v) is 15.6. The van der Waals surface area contributed by atoms with E-state index in [1.54, 1.807) is 10.9 Å². The third kappa shape index (κ3) is 5.54. The van der Waals surface area contributed by atoms with Gasteiger partial charge < -0.3 is 14.8 Å². The topological polar surface area (TPSA) is 95.3 Å². The van der Waals surface area contributed by atoms with Gasteiger partial charge in [0.1, 0.15) is 18.3 Å². The average molecular weight is 382 g/mol. The van der Waals surface area contributed by atoms with Crippen molar-refractivity contribution in [3.05, 3.63) is 71.6 Å². The number of alkyl carbamates (subject to hydrolysis) is 1. The number of esters is 1. The summed E-state index contributed by atoms with van der Waals surface area (Å²) in [7, 11) is 1.28. The van der Waals surface area contributed by atoms with Gasteiger partial charge in [-0.15, -0.1) is 5.10 Å². The van der Waals surface area contributed by atoms with Crippen molar-refractivity contribution in [2.75, 3.05) is 7.11 Å². The fourth-order valence-electron chi connectivity index (χ4n) is 2.80. The lowest BCUT2D eigenvalue weighted by atomic mass is 10.1. The molecule has 1 atom stereocenters. The van der Waals surface area contributed by atoms with E-state index in [4.69, 9.17) is 9.47 Å². The number of carbonyl (C=O) groups is 2. The van der Waals surface area contributed by atoms with E-state index in [1.165, 1.54) is 7.11 Å². The standard InChI is InChI=1S/C20H22N4O4/c1-27-19(25)18(11-15-7-3-2-4-8-15)21-20(26)28-14-17-13-24(23-22-17)12-16-9-5-6-10-16/h2-5,7-10,13,18H,6,11-12,14H2,1H3,(H,21,26)/t18-/m0/s1. The first-order chi connectivity index (χ1) is 13.6. The fourth-order valence-corrected chi connectivity index (χ4v) is 2.80. The monoisotopic (exact) mass is 382 g/mol. The quantitative estimate of drug-likeness (QED) is 0.703. The second kappa shape index (κ2) is 9.50. The number of hydrogen-bond acceptors (Lipinski definition) is 6. The Balaban J connectivity index is 1.51. The van der Waals surface area contributed by atoms with Gasteiger partial charge in [0.2, 0.25) is 0 Å². The molecule has 1 N–H and O–H groups in total. The maximum absolute atomic E-state index is 12.1. The third-order valence-corrected chi connectivity index (χ3v) is 4.19. The summed E-state index contributed by atoms with van der Waals surface area (Å²) in [5.74, 6) is -0.537. The Morgan fingerprint density at radius 3 is 2.82 bits per heavy atom. The molecule has 0 saturated carbocycles. The number of hydrogen-bond donors (Lipinski definition) is 1. The number of nitrogens with zero attached hydrogens (tertiary/aromatic N) is 3. The zero-order valence-electron chi connectivity index (χ0n) is 15.6. The Labute approximate surface area is 162 Å².